The van der Waals surface area contributed by atoms with E-state index in [1.807, 2.05) is 30.3 Å². The van der Waals surface area contributed by atoms with Crippen LogP contribution in [0.15, 0.2) is 30.3 Å². The minimum atomic E-state index is -1.24. The third-order valence-electron chi connectivity index (χ3n) is 4.22. The number of ether oxygens (including phenoxy) is 2. The number of hydrogen-bond donors (Lipinski definition) is 0. The van der Waals surface area contributed by atoms with Crippen molar-refractivity contribution in [1.29, 1.82) is 0 Å². The molecule has 1 aromatic carbocycles. The summed E-state index contributed by atoms with van der Waals surface area (Å²) in [7, 11) is 0. The Morgan fingerprint density at radius 1 is 1.00 bits per heavy atom. The van der Waals surface area contributed by atoms with E-state index in [4.69, 9.17) is 9.47 Å². The molecule has 0 N–H and O–H groups in total. The maximum absolute atomic E-state index is 12.4. The summed E-state index contributed by atoms with van der Waals surface area (Å²) in [4.78, 5) is 24.7. The Labute approximate surface area is 118 Å². The predicted molar refractivity (Wildman–Crippen MR) is 71.6 cm³/mol. The summed E-state index contributed by atoms with van der Waals surface area (Å²) in [6.45, 7) is 1.60. The molecular formula is C16H18O4. The summed E-state index contributed by atoms with van der Waals surface area (Å²) in [5, 5.41) is 0. The number of carbonyl (C=O) groups is 2. The first kappa shape index (κ1) is 13.2. The van der Waals surface area contributed by atoms with Gasteiger partial charge in [-0.1, -0.05) is 30.3 Å². The van der Waals surface area contributed by atoms with Crippen LogP contribution in [-0.2, 0) is 25.5 Å². The van der Waals surface area contributed by atoms with Crippen LogP contribution in [0, 0.1) is 5.41 Å². The average Bonchev–Trinajstić information content (AvgIpc) is 2.86. The maximum Gasteiger partial charge on any atom is 0.326 e. The molecule has 1 saturated heterocycles. The van der Waals surface area contributed by atoms with Crippen LogP contribution in [0.2, 0.25) is 0 Å². The van der Waals surface area contributed by atoms with Crippen molar-refractivity contribution in [2.45, 2.75) is 44.8 Å². The van der Waals surface area contributed by atoms with Crippen LogP contribution in [0.5, 0.6) is 0 Å². The van der Waals surface area contributed by atoms with E-state index in [2.05, 4.69) is 0 Å². The van der Waals surface area contributed by atoms with E-state index in [0.717, 1.165) is 18.4 Å². The fraction of sp³-hybridized carbons (Fsp3) is 0.500. The fourth-order valence-electron chi connectivity index (χ4n) is 2.93. The molecule has 1 aliphatic heterocycles. The lowest BCUT2D eigenvalue weighted by Crippen LogP contribution is -2.54. The van der Waals surface area contributed by atoms with Gasteiger partial charge in [0.05, 0.1) is 0 Å². The molecular weight excluding hydrogens is 256 g/mol. The molecule has 106 valence electrons. The smallest absolute Gasteiger partial charge is 0.326 e. The van der Waals surface area contributed by atoms with Gasteiger partial charge < -0.3 is 9.47 Å². The standard InChI is InChI=1S/C16H18O4/c1-15(11-12-7-3-2-4-8-12)13(17)19-16(20-14(15)18)9-5-6-10-16/h2-4,7-8H,5-6,9-11H2,1H3. The zero-order valence-corrected chi connectivity index (χ0v) is 11.6. The van der Waals surface area contributed by atoms with E-state index < -0.39 is 23.1 Å². The second-order valence-electron chi connectivity index (χ2n) is 5.89. The molecule has 2 fully saturated rings. The Bertz CT molecular complexity index is 509. The highest BCUT2D eigenvalue weighted by molar-refractivity contribution is 6.01. The van der Waals surface area contributed by atoms with E-state index in [-0.39, 0.29) is 0 Å². The number of carbonyl (C=O) groups excluding carboxylic acids is 2. The molecule has 0 atom stereocenters. The molecule has 0 amide bonds. The van der Waals surface area contributed by atoms with Gasteiger partial charge in [0.15, 0.2) is 5.41 Å². The van der Waals surface area contributed by atoms with Gasteiger partial charge in [-0.25, -0.2) is 0 Å². The lowest BCUT2D eigenvalue weighted by Gasteiger charge is -2.40. The van der Waals surface area contributed by atoms with Gasteiger partial charge in [-0.15, -0.1) is 0 Å². The molecule has 0 bridgehead atoms. The highest BCUT2D eigenvalue weighted by Gasteiger charge is 2.56. The highest BCUT2D eigenvalue weighted by Crippen LogP contribution is 2.43. The summed E-state index contributed by atoms with van der Waals surface area (Å²) in [5.74, 6) is -1.90. The fourth-order valence-corrected chi connectivity index (χ4v) is 2.93. The number of benzene rings is 1. The molecule has 4 nitrogen and oxygen atoms in total. The minimum Gasteiger partial charge on any atom is -0.422 e. The van der Waals surface area contributed by atoms with Crippen LogP contribution >= 0.6 is 0 Å². The van der Waals surface area contributed by atoms with E-state index in [1.54, 1.807) is 6.92 Å². The Morgan fingerprint density at radius 2 is 1.55 bits per heavy atom. The van der Waals surface area contributed by atoms with Gasteiger partial charge in [-0.05, 0) is 31.7 Å². The summed E-state index contributed by atoms with van der Waals surface area (Å²) in [5.41, 5.74) is -0.318. The molecule has 0 aromatic heterocycles. The van der Waals surface area contributed by atoms with Gasteiger partial charge in [0.25, 0.3) is 5.79 Å². The number of rotatable bonds is 2. The third kappa shape index (κ3) is 2.09. The van der Waals surface area contributed by atoms with Crippen LogP contribution in [0.1, 0.15) is 38.2 Å². The first-order valence-corrected chi connectivity index (χ1v) is 7.05. The lowest BCUT2D eigenvalue weighted by molar-refractivity contribution is -0.259. The third-order valence-corrected chi connectivity index (χ3v) is 4.22. The van der Waals surface area contributed by atoms with Crippen LogP contribution in [0.25, 0.3) is 0 Å². The Morgan fingerprint density at radius 3 is 2.10 bits per heavy atom. The van der Waals surface area contributed by atoms with Crippen molar-refractivity contribution < 1.29 is 19.1 Å². The van der Waals surface area contributed by atoms with Crippen LogP contribution in [-0.4, -0.2) is 17.7 Å². The van der Waals surface area contributed by atoms with Crippen molar-refractivity contribution in [2.75, 3.05) is 0 Å². The summed E-state index contributed by atoms with van der Waals surface area (Å²) in [6, 6.07) is 9.46. The number of esters is 2. The van der Waals surface area contributed by atoms with Crippen molar-refractivity contribution in [3.8, 4) is 0 Å². The first-order valence-electron chi connectivity index (χ1n) is 7.05. The van der Waals surface area contributed by atoms with Gasteiger partial charge in [0.2, 0.25) is 0 Å². The highest BCUT2D eigenvalue weighted by atomic mass is 16.7. The number of hydrogen-bond acceptors (Lipinski definition) is 4. The largest absolute Gasteiger partial charge is 0.422 e. The van der Waals surface area contributed by atoms with Crippen molar-refractivity contribution >= 4 is 11.9 Å². The molecule has 1 aromatic rings. The predicted octanol–water partition coefficient (Wildman–Crippen LogP) is 2.61. The van der Waals surface area contributed by atoms with Crippen molar-refractivity contribution in [3.05, 3.63) is 35.9 Å². The SMILES string of the molecule is CC1(Cc2ccccc2)C(=O)OC2(CCCC2)OC1=O. The van der Waals surface area contributed by atoms with Crippen LogP contribution in [0.4, 0.5) is 0 Å². The van der Waals surface area contributed by atoms with Crippen molar-refractivity contribution in [3.63, 3.8) is 0 Å². The van der Waals surface area contributed by atoms with Gasteiger partial charge in [-0.3, -0.25) is 9.59 Å². The quantitative estimate of drug-likeness (QED) is 0.614. The Balaban J connectivity index is 1.83. The normalized spacial score (nSPS) is 23.4. The van der Waals surface area contributed by atoms with Gasteiger partial charge in [0.1, 0.15) is 0 Å². The average molecular weight is 274 g/mol. The molecule has 1 heterocycles. The zero-order chi connectivity index (χ0) is 14.2. The summed E-state index contributed by atoms with van der Waals surface area (Å²) < 4.78 is 11.0. The molecule has 0 unspecified atom stereocenters. The van der Waals surface area contributed by atoms with Crippen molar-refractivity contribution in [2.24, 2.45) is 5.41 Å². The second-order valence-corrected chi connectivity index (χ2v) is 5.89. The van der Waals surface area contributed by atoms with Crippen LogP contribution in [0.3, 0.4) is 0 Å². The molecule has 1 saturated carbocycles. The second kappa shape index (κ2) is 4.62. The maximum atomic E-state index is 12.4. The molecule has 2 aliphatic rings. The minimum absolute atomic E-state index is 0.307. The lowest BCUT2D eigenvalue weighted by atomic mass is 9.82. The summed E-state index contributed by atoms with van der Waals surface area (Å²) in [6.07, 6.45) is 3.39. The van der Waals surface area contributed by atoms with Crippen molar-refractivity contribution in [1.82, 2.24) is 0 Å². The zero-order valence-electron chi connectivity index (χ0n) is 11.6. The summed E-state index contributed by atoms with van der Waals surface area (Å²) >= 11 is 0. The molecule has 0 radical (unpaired) electrons. The van der Waals surface area contributed by atoms with Gasteiger partial charge in [-0.2, -0.15) is 0 Å². The van der Waals surface area contributed by atoms with E-state index in [1.165, 1.54) is 0 Å². The molecule has 20 heavy (non-hydrogen) atoms. The van der Waals surface area contributed by atoms with E-state index in [9.17, 15) is 9.59 Å². The van der Waals surface area contributed by atoms with E-state index in [0.29, 0.717) is 19.3 Å². The monoisotopic (exact) mass is 274 g/mol. The van der Waals surface area contributed by atoms with Gasteiger partial charge >= 0.3 is 11.9 Å². The first-order chi connectivity index (χ1) is 9.54. The Hall–Kier alpha value is -1.84. The van der Waals surface area contributed by atoms with Gasteiger partial charge in [0, 0.05) is 12.8 Å². The van der Waals surface area contributed by atoms with Crippen LogP contribution < -0.4 is 0 Å². The molecule has 3 rings (SSSR count). The topological polar surface area (TPSA) is 52.6 Å². The Kier molecular flexibility index (Phi) is 3.04. The molecule has 1 aliphatic carbocycles. The molecule has 4 heteroatoms. The molecule has 1 spiro atoms. The van der Waals surface area contributed by atoms with E-state index >= 15 is 0 Å².